The fourth-order valence-corrected chi connectivity index (χ4v) is 2.90. The Morgan fingerprint density at radius 1 is 1.33 bits per heavy atom. The monoisotopic (exact) mass is 295 g/mol. The molecule has 1 aromatic rings. The van der Waals surface area contributed by atoms with E-state index in [0.717, 1.165) is 31.7 Å². The molecule has 0 radical (unpaired) electrons. The minimum atomic E-state index is 0.00459. The van der Waals surface area contributed by atoms with Crippen LogP contribution < -0.4 is 5.73 Å². The summed E-state index contributed by atoms with van der Waals surface area (Å²) in [6.45, 7) is 7.52. The Morgan fingerprint density at radius 3 is 2.57 bits per heavy atom. The van der Waals surface area contributed by atoms with Gasteiger partial charge in [-0.2, -0.15) is 4.98 Å². The van der Waals surface area contributed by atoms with E-state index >= 15 is 0 Å². The van der Waals surface area contributed by atoms with Crippen LogP contribution in [0.1, 0.15) is 64.3 Å². The van der Waals surface area contributed by atoms with E-state index < -0.39 is 0 Å². The summed E-state index contributed by atoms with van der Waals surface area (Å²) in [5.74, 6) is 2.57. The zero-order valence-corrected chi connectivity index (χ0v) is 13.8. The molecule has 21 heavy (non-hydrogen) atoms. The molecule has 2 atom stereocenters. The van der Waals surface area contributed by atoms with Crippen LogP contribution in [0.2, 0.25) is 0 Å². The van der Waals surface area contributed by atoms with Crippen LogP contribution in [-0.2, 0) is 11.2 Å². The smallest absolute Gasteiger partial charge is 0.226 e. The van der Waals surface area contributed by atoms with Gasteiger partial charge in [-0.05, 0) is 49.5 Å². The maximum atomic E-state index is 5.73. The lowest BCUT2D eigenvalue weighted by Crippen LogP contribution is -2.24. The number of rotatable bonds is 8. The molecule has 0 amide bonds. The third-order valence-corrected chi connectivity index (χ3v) is 4.49. The highest BCUT2D eigenvalue weighted by atomic mass is 16.5. The summed E-state index contributed by atoms with van der Waals surface area (Å²) in [5.41, 5.74) is 5.98. The lowest BCUT2D eigenvalue weighted by molar-refractivity contribution is 0.0751. The first-order valence-electron chi connectivity index (χ1n) is 8.01. The van der Waals surface area contributed by atoms with Gasteiger partial charge in [0.1, 0.15) is 6.10 Å². The fourth-order valence-electron chi connectivity index (χ4n) is 2.90. The molecule has 2 rings (SSSR count). The van der Waals surface area contributed by atoms with Crippen molar-refractivity contribution in [2.45, 2.75) is 59.0 Å². The van der Waals surface area contributed by atoms with Gasteiger partial charge in [-0.3, -0.25) is 0 Å². The zero-order valence-electron chi connectivity index (χ0n) is 13.8. The molecule has 1 aromatic heterocycles. The predicted molar refractivity (Wildman–Crippen MR) is 81.7 cm³/mol. The van der Waals surface area contributed by atoms with Crippen LogP contribution in [0.4, 0.5) is 0 Å². The second-order valence-electron chi connectivity index (χ2n) is 7.22. The van der Waals surface area contributed by atoms with Crippen LogP contribution in [0.3, 0.4) is 0 Å². The molecule has 120 valence electrons. The van der Waals surface area contributed by atoms with Crippen molar-refractivity contribution >= 4 is 0 Å². The molecular weight excluding hydrogens is 266 g/mol. The molecule has 0 aromatic carbocycles. The van der Waals surface area contributed by atoms with E-state index in [9.17, 15) is 0 Å². The number of aromatic nitrogens is 2. The van der Waals surface area contributed by atoms with Crippen LogP contribution in [0.15, 0.2) is 4.52 Å². The summed E-state index contributed by atoms with van der Waals surface area (Å²) in [5, 5.41) is 4.10. The zero-order chi connectivity index (χ0) is 15.5. The second kappa shape index (κ2) is 6.88. The average Bonchev–Trinajstić information content (AvgIpc) is 3.13. The average molecular weight is 295 g/mol. The maximum Gasteiger partial charge on any atom is 0.226 e. The molecule has 5 heteroatoms. The van der Waals surface area contributed by atoms with Crippen molar-refractivity contribution in [1.29, 1.82) is 0 Å². The highest BCUT2D eigenvalue weighted by molar-refractivity contribution is 4.98. The molecule has 5 nitrogen and oxygen atoms in total. The van der Waals surface area contributed by atoms with Crippen molar-refractivity contribution in [3.63, 3.8) is 0 Å². The van der Waals surface area contributed by atoms with Gasteiger partial charge in [-0.15, -0.1) is 0 Å². The van der Waals surface area contributed by atoms with Gasteiger partial charge in [0.25, 0.3) is 0 Å². The lowest BCUT2D eigenvalue weighted by atomic mass is 9.76. The minimum absolute atomic E-state index is 0.00459. The molecule has 2 N–H and O–H groups in total. The van der Waals surface area contributed by atoms with Crippen LogP contribution in [0.25, 0.3) is 0 Å². The topological polar surface area (TPSA) is 74.2 Å². The highest BCUT2D eigenvalue weighted by Crippen LogP contribution is 2.42. The summed E-state index contributed by atoms with van der Waals surface area (Å²) in [6.07, 6.45) is 5.29. The summed E-state index contributed by atoms with van der Waals surface area (Å²) in [6, 6.07) is 0. The predicted octanol–water partition coefficient (Wildman–Crippen LogP) is 3.11. The Labute approximate surface area is 127 Å². The molecule has 0 bridgehead atoms. The molecule has 1 fully saturated rings. The quantitative estimate of drug-likeness (QED) is 0.797. The number of hydrogen-bond acceptors (Lipinski definition) is 5. The lowest BCUT2D eigenvalue weighted by Gasteiger charge is -2.30. The van der Waals surface area contributed by atoms with Crippen LogP contribution in [-0.4, -0.2) is 23.8 Å². The first-order valence-corrected chi connectivity index (χ1v) is 8.01. The molecule has 0 spiro atoms. The van der Waals surface area contributed by atoms with Crippen molar-refractivity contribution in [3.05, 3.63) is 11.7 Å². The molecular formula is C16H29N3O2. The first kappa shape index (κ1) is 16.4. The minimum Gasteiger partial charge on any atom is -0.373 e. The molecule has 1 aliphatic rings. The maximum absolute atomic E-state index is 5.73. The van der Waals surface area contributed by atoms with E-state index in [1.165, 1.54) is 12.8 Å². The fraction of sp³-hybridized carbons (Fsp3) is 0.875. The first-order chi connectivity index (χ1) is 9.95. The number of aryl methyl sites for hydroxylation is 1. The Hall–Kier alpha value is -0.940. The Morgan fingerprint density at radius 2 is 2.05 bits per heavy atom. The largest absolute Gasteiger partial charge is 0.373 e. The third-order valence-electron chi connectivity index (χ3n) is 4.49. The summed E-state index contributed by atoms with van der Waals surface area (Å²) >= 11 is 0. The van der Waals surface area contributed by atoms with Gasteiger partial charge < -0.3 is 15.0 Å². The van der Waals surface area contributed by atoms with Crippen molar-refractivity contribution in [3.8, 4) is 0 Å². The summed E-state index contributed by atoms with van der Waals surface area (Å²) < 4.78 is 10.9. The number of ether oxygens (including phenoxy) is 1. The third kappa shape index (κ3) is 4.51. The number of nitrogens with two attached hydrogens (primary N) is 1. The molecule has 1 heterocycles. The Bertz CT molecular complexity index is 435. The van der Waals surface area contributed by atoms with Crippen molar-refractivity contribution in [1.82, 2.24) is 10.1 Å². The van der Waals surface area contributed by atoms with Gasteiger partial charge in [0.05, 0.1) is 0 Å². The Balaban J connectivity index is 1.92. The van der Waals surface area contributed by atoms with Crippen molar-refractivity contribution in [2.24, 2.45) is 23.0 Å². The second-order valence-corrected chi connectivity index (χ2v) is 7.22. The summed E-state index contributed by atoms with van der Waals surface area (Å²) in [7, 11) is 1.72. The van der Waals surface area contributed by atoms with Crippen LogP contribution in [0, 0.1) is 17.3 Å². The van der Waals surface area contributed by atoms with E-state index in [4.69, 9.17) is 15.0 Å². The van der Waals surface area contributed by atoms with Gasteiger partial charge in [0.15, 0.2) is 0 Å². The number of nitrogens with zero attached hydrogens (tertiary/aromatic N) is 2. The van der Waals surface area contributed by atoms with Gasteiger partial charge in [0, 0.05) is 13.5 Å². The highest BCUT2D eigenvalue weighted by Gasteiger charge is 2.35. The number of hydrogen-bond donors (Lipinski definition) is 1. The van der Waals surface area contributed by atoms with Gasteiger partial charge >= 0.3 is 0 Å². The van der Waals surface area contributed by atoms with Crippen molar-refractivity contribution in [2.75, 3.05) is 13.7 Å². The molecule has 2 unspecified atom stereocenters. The van der Waals surface area contributed by atoms with Gasteiger partial charge in [-0.25, -0.2) is 0 Å². The van der Waals surface area contributed by atoms with Crippen molar-refractivity contribution < 1.29 is 9.26 Å². The Kier molecular flexibility index (Phi) is 5.38. The van der Waals surface area contributed by atoms with Gasteiger partial charge in [-0.1, -0.05) is 25.9 Å². The normalized spacial score (nSPS) is 18.7. The molecule has 1 saturated carbocycles. The molecule has 0 aliphatic heterocycles. The standard InChI is InChI=1S/C16H29N3O2/c1-16(2,3)12(9-10-17)7-8-13-18-15(19-21-13)14(20-4)11-5-6-11/h11-12,14H,5-10,17H2,1-4H3. The van der Waals surface area contributed by atoms with Crippen LogP contribution >= 0.6 is 0 Å². The van der Waals surface area contributed by atoms with Gasteiger partial charge in [0.2, 0.25) is 11.7 Å². The molecule has 1 aliphatic carbocycles. The molecule has 0 saturated heterocycles. The summed E-state index contributed by atoms with van der Waals surface area (Å²) in [4.78, 5) is 4.52. The number of methoxy groups -OCH3 is 1. The van der Waals surface area contributed by atoms with Crippen LogP contribution in [0.5, 0.6) is 0 Å². The van der Waals surface area contributed by atoms with E-state index in [0.29, 0.717) is 17.7 Å². The SMILES string of the molecule is COC(c1noc(CCC(CCN)C(C)(C)C)n1)C1CC1. The van der Waals surface area contributed by atoms with E-state index in [2.05, 4.69) is 30.9 Å². The van der Waals surface area contributed by atoms with E-state index in [-0.39, 0.29) is 11.5 Å². The van der Waals surface area contributed by atoms with E-state index in [1.54, 1.807) is 7.11 Å². The van der Waals surface area contributed by atoms with E-state index in [1.807, 2.05) is 0 Å².